The van der Waals surface area contributed by atoms with Crippen LogP contribution in [0.4, 0.5) is 0 Å². The van der Waals surface area contributed by atoms with E-state index >= 15 is 0 Å². The van der Waals surface area contributed by atoms with Crippen LogP contribution in [-0.4, -0.2) is 7.11 Å². The fourth-order valence-corrected chi connectivity index (χ4v) is 2.51. The Bertz CT molecular complexity index is 609. The van der Waals surface area contributed by atoms with E-state index in [0.717, 1.165) is 11.3 Å². The summed E-state index contributed by atoms with van der Waals surface area (Å²) in [7, 11) is 1.72. The second-order valence-electron chi connectivity index (χ2n) is 4.87. The molecule has 2 aromatic rings. The summed E-state index contributed by atoms with van der Waals surface area (Å²) in [4.78, 5) is 0. The molecule has 0 fully saturated rings. The van der Waals surface area contributed by atoms with Gasteiger partial charge >= 0.3 is 0 Å². The van der Waals surface area contributed by atoms with Crippen LogP contribution >= 0.6 is 0 Å². The Morgan fingerprint density at radius 1 is 1.00 bits per heavy atom. The Morgan fingerprint density at radius 2 is 1.63 bits per heavy atom. The Kier molecular flexibility index (Phi) is 3.75. The lowest BCUT2D eigenvalue weighted by Gasteiger charge is -2.18. The van der Waals surface area contributed by atoms with Crippen LogP contribution in [0.25, 0.3) is 5.57 Å². The van der Waals surface area contributed by atoms with Gasteiger partial charge in [0.1, 0.15) is 5.75 Å². The van der Waals surface area contributed by atoms with Gasteiger partial charge < -0.3 is 4.74 Å². The quantitative estimate of drug-likeness (QED) is 0.770. The fourth-order valence-electron chi connectivity index (χ4n) is 2.51. The highest BCUT2D eigenvalue weighted by atomic mass is 16.5. The SMILES string of the molecule is C=C(c1ccccc1)c1c(C)cc(OC)c(C)c1C. The monoisotopic (exact) mass is 252 g/mol. The first kappa shape index (κ1) is 13.4. The average molecular weight is 252 g/mol. The molecule has 0 heterocycles. The van der Waals surface area contributed by atoms with Crippen molar-refractivity contribution >= 4 is 5.57 Å². The molecule has 1 heteroatoms. The standard InChI is InChI=1S/C18H20O/c1-12-11-17(19-5)13(2)14(3)18(12)15(4)16-9-7-6-8-10-16/h6-11H,4H2,1-3,5H3. The van der Waals surface area contributed by atoms with Crippen LogP contribution in [0.3, 0.4) is 0 Å². The van der Waals surface area contributed by atoms with Crippen molar-refractivity contribution in [2.75, 3.05) is 7.11 Å². The predicted molar refractivity (Wildman–Crippen MR) is 81.8 cm³/mol. The average Bonchev–Trinajstić information content (AvgIpc) is 2.43. The summed E-state index contributed by atoms with van der Waals surface area (Å²) in [6.07, 6.45) is 0. The summed E-state index contributed by atoms with van der Waals surface area (Å²) in [5, 5.41) is 0. The Labute approximate surface area is 115 Å². The first-order valence-electron chi connectivity index (χ1n) is 6.45. The van der Waals surface area contributed by atoms with E-state index in [1.807, 2.05) is 18.2 Å². The number of rotatable bonds is 3. The number of benzene rings is 2. The van der Waals surface area contributed by atoms with Gasteiger partial charge in [0.2, 0.25) is 0 Å². The highest BCUT2D eigenvalue weighted by Crippen LogP contribution is 2.33. The van der Waals surface area contributed by atoms with E-state index in [2.05, 4.69) is 45.5 Å². The zero-order valence-corrected chi connectivity index (χ0v) is 12.1. The molecule has 98 valence electrons. The highest BCUT2D eigenvalue weighted by molar-refractivity contribution is 5.82. The molecule has 0 spiro atoms. The van der Waals surface area contributed by atoms with Crippen molar-refractivity contribution < 1.29 is 4.74 Å². The summed E-state index contributed by atoms with van der Waals surface area (Å²) in [6.45, 7) is 10.6. The van der Waals surface area contributed by atoms with E-state index in [1.165, 1.54) is 27.8 Å². The summed E-state index contributed by atoms with van der Waals surface area (Å²) in [5.74, 6) is 0.944. The summed E-state index contributed by atoms with van der Waals surface area (Å²) in [6, 6.07) is 12.4. The predicted octanol–water partition coefficient (Wildman–Crippen LogP) is 4.68. The van der Waals surface area contributed by atoms with E-state index < -0.39 is 0 Å². The molecule has 2 aromatic carbocycles. The maximum Gasteiger partial charge on any atom is 0.122 e. The molecule has 0 aliphatic heterocycles. The fraction of sp³-hybridized carbons (Fsp3) is 0.222. The maximum atomic E-state index is 5.42. The molecule has 2 rings (SSSR count). The number of ether oxygens (including phenoxy) is 1. The lowest BCUT2D eigenvalue weighted by atomic mass is 9.89. The van der Waals surface area contributed by atoms with Gasteiger partial charge in [0.05, 0.1) is 7.11 Å². The highest BCUT2D eigenvalue weighted by Gasteiger charge is 2.13. The van der Waals surface area contributed by atoms with Crippen molar-refractivity contribution in [1.82, 2.24) is 0 Å². The third-order valence-electron chi connectivity index (χ3n) is 3.69. The van der Waals surface area contributed by atoms with Crippen molar-refractivity contribution in [3.63, 3.8) is 0 Å². The molecule has 0 N–H and O–H groups in total. The van der Waals surface area contributed by atoms with Crippen molar-refractivity contribution in [1.29, 1.82) is 0 Å². The van der Waals surface area contributed by atoms with Crippen molar-refractivity contribution in [2.45, 2.75) is 20.8 Å². The van der Waals surface area contributed by atoms with Gasteiger partial charge in [-0.1, -0.05) is 36.9 Å². The molecule has 0 atom stereocenters. The number of aryl methyl sites for hydroxylation is 1. The van der Waals surface area contributed by atoms with Gasteiger partial charge in [-0.15, -0.1) is 0 Å². The second-order valence-corrected chi connectivity index (χ2v) is 4.87. The normalized spacial score (nSPS) is 10.3. The van der Waals surface area contributed by atoms with Gasteiger partial charge in [-0.05, 0) is 60.2 Å². The summed E-state index contributed by atoms with van der Waals surface area (Å²) < 4.78 is 5.42. The first-order valence-corrected chi connectivity index (χ1v) is 6.45. The maximum absolute atomic E-state index is 5.42. The molecule has 0 radical (unpaired) electrons. The van der Waals surface area contributed by atoms with E-state index in [0.29, 0.717) is 0 Å². The van der Waals surface area contributed by atoms with E-state index in [-0.39, 0.29) is 0 Å². The summed E-state index contributed by atoms with van der Waals surface area (Å²) in [5.41, 5.74) is 7.09. The van der Waals surface area contributed by atoms with E-state index in [9.17, 15) is 0 Å². The van der Waals surface area contributed by atoms with Gasteiger partial charge in [0.15, 0.2) is 0 Å². The topological polar surface area (TPSA) is 9.23 Å². The van der Waals surface area contributed by atoms with E-state index in [1.54, 1.807) is 7.11 Å². The van der Waals surface area contributed by atoms with E-state index in [4.69, 9.17) is 4.74 Å². The zero-order valence-electron chi connectivity index (χ0n) is 12.1. The molecule has 0 amide bonds. The molecule has 0 aliphatic carbocycles. The van der Waals surface area contributed by atoms with Gasteiger partial charge in [-0.3, -0.25) is 0 Å². The molecule has 0 saturated carbocycles. The number of methoxy groups -OCH3 is 1. The van der Waals surface area contributed by atoms with Crippen LogP contribution in [0.1, 0.15) is 27.8 Å². The van der Waals surface area contributed by atoms with Gasteiger partial charge in [0, 0.05) is 0 Å². The Morgan fingerprint density at radius 3 is 2.21 bits per heavy atom. The molecule has 0 unspecified atom stereocenters. The molecule has 0 aliphatic rings. The Hall–Kier alpha value is -2.02. The number of hydrogen-bond donors (Lipinski definition) is 0. The van der Waals surface area contributed by atoms with Crippen LogP contribution in [0.5, 0.6) is 5.75 Å². The second kappa shape index (κ2) is 5.31. The minimum Gasteiger partial charge on any atom is -0.496 e. The smallest absolute Gasteiger partial charge is 0.122 e. The molecule has 1 nitrogen and oxygen atoms in total. The summed E-state index contributed by atoms with van der Waals surface area (Å²) >= 11 is 0. The molecule has 19 heavy (non-hydrogen) atoms. The van der Waals surface area contributed by atoms with Crippen molar-refractivity contribution in [2.24, 2.45) is 0 Å². The lowest BCUT2D eigenvalue weighted by molar-refractivity contribution is 0.411. The largest absolute Gasteiger partial charge is 0.496 e. The number of hydrogen-bond acceptors (Lipinski definition) is 1. The third kappa shape index (κ3) is 2.41. The van der Waals surface area contributed by atoms with Crippen LogP contribution in [0.15, 0.2) is 43.0 Å². The molecule has 0 aromatic heterocycles. The van der Waals surface area contributed by atoms with Gasteiger partial charge in [-0.25, -0.2) is 0 Å². The molecule has 0 bridgehead atoms. The van der Waals surface area contributed by atoms with Crippen LogP contribution in [0.2, 0.25) is 0 Å². The lowest BCUT2D eigenvalue weighted by Crippen LogP contribution is -1.99. The van der Waals surface area contributed by atoms with Crippen LogP contribution in [0, 0.1) is 20.8 Å². The zero-order chi connectivity index (χ0) is 14.0. The van der Waals surface area contributed by atoms with Crippen molar-refractivity contribution in [3.05, 3.63) is 70.8 Å². The van der Waals surface area contributed by atoms with Gasteiger partial charge in [-0.2, -0.15) is 0 Å². The first-order chi connectivity index (χ1) is 9.06. The molecule has 0 saturated heterocycles. The van der Waals surface area contributed by atoms with Crippen LogP contribution < -0.4 is 4.74 Å². The minimum absolute atomic E-state index is 0.944. The molecular weight excluding hydrogens is 232 g/mol. The Balaban J connectivity index is 2.58. The van der Waals surface area contributed by atoms with Crippen molar-refractivity contribution in [3.8, 4) is 5.75 Å². The minimum atomic E-state index is 0.944. The van der Waals surface area contributed by atoms with Gasteiger partial charge in [0.25, 0.3) is 0 Å². The molecular formula is C18H20O. The third-order valence-corrected chi connectivity index (χ3v) is 3.69. The van der Waals surface area contributed by atoms with Crippen LogP contribution in [-0.2, 0) is 0 Å².